The molecule has 0 spiro atoms. The average Bonchev–Trinajstić information content (AvgIpc) is 3.16. The number of ether oxygens (including phenoxy) is 1. The molecule has 3 rings (SSSR count). The summed E-state index contributed by atoms with van der Waals surface area (Å²) in [5.74, 6) is 0.980. The van der Waals surface area contributed by atoms with Gasteiger partial charge >= 0.3 is 0 Å². The molecule has 0 saturated heterocycles. The van der Waals surface area contributed by atoms with Gasteiger partial charge in [-0.3, -0.25) is 4.79 Å². The minimum atomic E-state index is -0.394. The summed E-state index contributed by atoms with van der Waals surface area (Å²) in [5.41, 5.74) is 1.68. The molecule has 1 heterocycles. The topological polar surface area (TPSA) is 69.0 Å². The Morgan fingerprint density at radius 3 is 2.63 bits per heavy atom. The van der Waals surface area contributed by atoms with Gasteiger partial charge in [-0.05, 0) is 56.2 Å². The van der Waals surface area contributed by atoms with Crippen molar-refractivity contribution >= 4 is 23.4 Å². The van der Waals surface area contributed by atoms with Crippen LogP contribution < -0.4 is 10.1 Å². The molecule has 0 bridgehead atoms. The molecule has 1 aromatic heterocycles. The van der Waals surface area contributed by atoms with Crippen molar-refractivity contribution in [3.05, 3.63) is 65.7 Å². The molecule has 2 aromatic carbocycles. The van der Waals surface area contributed by atoms with E-state index in [0.717, 1.165) is 12.2 Å². The van der Waals surface area contributed by atoms with E-state index in [1.165, 1.54) is 29.5 Å². The van der Waals surface area contributed by atoms with Crippen LogP contribution in [0.3, 0.4) is 0 Å². The van der Waals surface area contributed by atoms with Crippen molar-refractivity contribution in [2.45, 2.75) is 45.0 Å². The van der Waals surface area contributed by atoms with Crippen LogP contribution in [-0.2, 0) is 17.8 Å². The van der Waals surface area contributed by atoms with Crippen LogP contribution >= 0.6 is 11.8 Å². The Hall–Kier alpha value is -2.87. The molecule has 0 aliphatic heterocycles. The van der Waals surface area contributed by atoms with Crippen molar-refractivity contribution in [1.82, 2.24) is 14.8 Å². The smallest absolute Gasteiger partial charge is 0.234 e. The van der Waals surface area contributed by atoms with E-state index < -0.39 is 5.82 Å². The molecular formula is C22H25FN4O2S. The van der Waals surface area contributed by atoms with Gasteiger partial charge in [-0.15, -0.1) is 10.2 Å². The summed E-state index contributed by atoms with van der Waals surface area (Å²) in [5, 5.41) is 11.8. The van der Waals surface area contributed by atoms with Crippen LogP contribution in [0.15, 0.2) is 53.7 Å². The zero-order chi connectivity index (χ0) is 21.5. The Morgan fingerprint density at radius 2 is 1.97 bits per heavy atom. The Balaban J connectivity index is 1.62. The fourth-order valence-electron chi connectivity index (χ4n) is 2.96. The normalized spacial score (nSPS) is 11.9. The second-order valence-corrected chi connectivity index (χ2v) is 7.63. The summed E-state index contributed by atoms with van der Waals surface area (Å²) in [6.45, 7) is 6.68. The Labute approximate surface area is 179 Å². The Morgan fingerprint density at radius 1 is 1.20 bits per heavy atom. The van der Waals surface area contributed by atoms with E-state index in [0.29, 0.717) is 23.2 Å². The molecule has 158 valence electrons. The average molecular weight is 429 g/mol. The third-order valence-electron chi connectivity index (χ3n) is 4.51. The Bertz CT molecular complexity index is 991. The number of hydrogen-bond donors (Lipinski definition) is 1. The number of anilines is 1. The molecule has 0 aliphatic carbocycles. The number of hydrogen-bond acceptors (Lipinski definition) is 5. The van der Waals surface area contributed by atoms with Crippen LogP contribution in [0.25, 0.3) is 0 Å². The van der Waals surface area contributed by atoms with E-state index in [1.54, 1.807) is 12.1 Å². The molecule has 3 aromatic rings. The van der Waals surface area contributed by atoms with Crippen molar-refractivity contribution in [2.24, 2.45) is 0 Å². The van der Waals surface area contributed by atoms with Crippen molar-refractivity contribution in [1.29, 1.82) is 0 Å². The first-order valence-corrected chi connectivity index (χ1v) is 10.9. The lowest BCUT2D eigenvalue weighted by atomic mass is 10.2. The van der Waals surface area contributed by atoms with Gasteiger partial charge in [0.15, 0.2) is 17.1 Å². The van der Waals surface area contributed by atoms with Gasteiger partial charge in [0, 0.05) is 12.2 Å². The number of amides is 1. The van der Waals surface area contributed by atoms with E-state index in [1.807, 2.05) is 42.7 Å². The van der Waals surface area contributed by atoms with E-state index in [4.69, 9.17) is 4.74 Å². The second kappa shape index (κ2) is 10.2. The van der Waals surface area contributed by atoms with E-state index in [-0.39, 0.29) is 17.8 Å². The highest BCUT2D eigenvalue weighted by atomic mass is 32.2. The highest BCUT2D eigenvalue weighted by molar-refractivity contribution is 7.99. The van der Waals surface area contributed by atoms with Crippen LogP contribution in [0, 0.1) is 5.82 Å². The van der Waals surface area contributed by atoms with Crippen LogP contribution in [0.4, 0.5) is 10.1 Å². The summed E-state index contributed by atoms with van der Waals surface area (Å²) in [6, 6.07) is 13.8. The minimum absolute atomic E-state index is 0.141. The Kier molecular flexibility index (Phi) is 7.46. The fraction of sp³-hybridized carbons (Fsp3) is 0.318. The van der Waals surface area contributed by atoms with E-state index in [9.17, 15) is 9.18 Å². The van der Waals surface area contributed by atoms with Crippen molar-refractivity contribution < 1.29 is 13.9 Å². The molecule has 1 unspecified atom stereocenters. The van der Waals surface area contributed by atoms with Gasteiger partial charge in [0.2, 0.25) is 5.91 Å². The van der Waals surface area contributed by atoms with Gasteiger partial charge in [0.1, 0.15) is 11.6 Å². The second-order valence-electron chi connectivity index (χ2n) is 6.69. The molecule has 30 heavy (non-hydrogen) atoms. The first-order chi connectivity index (χ1) is 14.5. The van der Waals surface area contributed by atoms with Crippen molar-refractivity contribution in [3.63, 3.8) is 0 Å². The van der Waals surface area contributed by atoms with Crippen LogP contribution in [0.5, 0.6) is 5.75 Å². The zero-order valence-corrected chi connectivity index (χ0v) is 18.1. The highest BCUT2D eigenvalue weighted by Gasteiger charge is 2.19. The lowest BCUT2D eigenvalue weighted by Crippen LogP contribution is -2.15. The van der Waals surface area contributed by atoms with Gasteiger partial charge < -0.3 is 14.6 Å². The summed E-state index contributed by atoms with van der Waals surface area (Å²) in [6.07, 6.45) is 0.688. The summed E-state index contributed by atoms with van der Waals surface area (Å²) >= 11 is 1.28. The molecule has 1 atom stereocenters. The maximum Gasteiger partial charge on any atom is 0.234 e. The number of halogens is 1. The lowest BCUT2D eigenvalue weighted by Gasteiger charge is -2.16. The number of thioether (sulfide) groups is 1. The number of benzene rings is 2. The van der Waals surface area contributed by atoms with Crippen molar-refractivity contribution in [3.8, 4) is 5.75 Å². The monoisotopic (exact) mass is 428 g/mol. The molecule has 0 radical (unpaired) electrons. The largest absolute Gasteiger partial charge is 0.483 e. The standard InChI is InChI=1S/C22H25FN4O2S/c1-4-16-9-11-19(12-10-16)29-15(3)21-25-26-22(27(21)5-2)30-14-20(28)24-18-8-6-7-17(23)13-18/h6-13,15H,4-5,14H2,1-3H3,(H,24,28). The predicted molar refractivity (Wildman–Crippen MR) is 116 cm³/mol. The number of carbonyl (C=O) groups excluding carboxylic acids is 1. The molecule has 0 aliphatic rings. The SMILES string of the molecule is CCc1ccc(OC(C)c2nnc(SCC(=O)Nc3cccc(F)c3)n2CC)cc1. The van der Waals surface area contributed by atoms with Gasteiger partial charge in [-0.1, -0.05) is 36.9 Å². The van der Waals surface area contributed by atoms with Crippen LogP contribution in [0.2, 0.25) is 0 Å². The van der Waals surface area contributed by atoms with Gasteiger partial charge in [0.05, 0.1) is 5.75 Å². The molecular weight excluding hydrogens is 403 g/mol. The molecule has 6 nitrogen and oxygen atoms in total. The number of nitrogens with one attached hydrogen (secondary N) is 1. The number of nitrogens with zero attached hydrogens (tertiary/aromatic N) is 3. The first kappa shape index (κ1) is 21.8. The molecule has 1 N–H and O–H groups in total. The molecule has 8 heteroatoms. The fourth-order valence-corrected chi connectivity index (χ4v) is 3.77. The van der Waals surface area contributed by atoms with Gasteiger partial charge in [0.25, 0.3) is 0 Å². The molecule has 0 saturated carbocycles. The van der Waals surface area contributed by atoms with Crippen LogP contribution in [-0.4, -0.2) is 26.4 Å². The number of rotatable bonds is 9. The van der Waals surface area contributed by atoms with E-state index in [2.05, 4.69) is 22.4 Å². The third-order valence-corrected chi connectivity index (χ3v) is 5.48. The quantitative estimate of drug-likeness (QED) is 0.493. The zero-order valence-electron chi connectivity index (χ0n) is 17.3. The minimum Gasteiger partial charge on any atom is -0.483 e. The highest BCUT2D eigenvalue weighted by Crippen LogP contribution is 2.25. The summed E-state index contributed by atoms with van der Waals surface area (Å²) < 4.78 is 21.2. The van der Waals surface area contributed by atoms with Crippen molar-refractivity contribution in [2.75, 3.05) is 11.1 Å². The lowest BCUT2D eigenvalue weighted by molar-refractivity contribution is -0.113. The number of aryl methyl sites for hydroxylation is 1. The molecule has 1 amide bonds. The van der Waals surface area contributed by atoms with E-state index >= 15 is 0 Å². The van der Waals surface area contributed by atoms with Crippen LogP contribution in [0.1, 0.15) is 38.3 Å². The maximum absolute atomic E-state index is 13.2. The molecule has 0 fully saturated rings. The number of carbonyl (C=O) groups is 1. The first-order valence-electron chi connectivity index (χ1n) is 9.87. The number of aromatic nitrogens is 3. The summed E-state index contributed by atoms with van der Waals surface area (Å²) in [4.78, 5) is 12.2. The third kappa shape index (κ3) is 5.60. The van der Waals surface area contributed by atoms with Gasteiger partial charge in [-0.25, -0.2) is 4.39 Å². The predicted octanol–water partition coefficient (Wildman–Crippen LogP) is 4.87. The maximum atomic E-state index is 13.2. The van der Waals surface area contributed by atoms with Gasteiger partial charge in [-0.2, -0.15) is 0 Å². The summed E-state index contributed by atoms with van der Waals surface area (Å²) in [7, 11) is 0.